The molecule has 2 aromatic rings. The van der Waals surface area contributed by atoms with Gasteiger partial charge in [0.05, 0.1) is 24.6 Å². The lowest BCUT2D eigenvalue weighted by molar-refractivity contribution is -0.136. The summed E-state index contributed by atoms with van der Waals surface area (Å²) in [5.74, 6) is -0.250. The number of carboxylic acids is 1. The number of carboxylic acid groups (broad SMARTS) is 1. The molecule has 5 heteroatoms. The number of ether oxygens (including phenoxy) is 1. The maximum Gasteiger partial charge on any atom is 0.303 e. The summed E-state index contributed by atoms with van der Waals surface area (Å²) in [6, 6.07) is 5.48. The summed E-state index contributed by atoms with van der Waals surface area (Å²) in [4.78, 5) is 17.8. The number of nitrogens with zero attached hydrogens (tertiary/aromatic N) is 1. The number of aromatic nitrogens is 2. The minimum absolute atomic E-state index is 0.115. The molecular formula is C11H12N2O3. The van der Waals surface area contributed by atoms with Gasteiger partial charge < -0.3 is 14.8 Å². The van der Waals surface area contributed by atoms with E-state index in [0.29, 0.717) is 12.3 Å². The number of carbonyl (C=O) groups is 1. The first-order valence-electron chi connectivity index (χ1n) is 4.93. The Morgan fingerprint density at radius 2 is 2.38 bits per heavy atom. The van der Waals surface area contributed by atoms with Gasteiger partial charge in [-0.1, -0.05) is 0 Å². The van der Waals surface area contributed by atoms with Crippen LogP contribution in [0.1, 0.15) is 12.1 Å². The molecule has 84 valence electrons. The maximum absolute atomic E-state index is 10.4. The number of pyridine rings is 1. The first-order chi connectivity index (χ1) is 7.69. The van der Waals surface area contributed by atoms with Crippen LogP contribution in [0.25, 0.3) is 11.0 Å². The van der Waals surface area contributed by atoms with Crippen LogP contribution in [-0.2, 0) is 11.2 Å². The van der Waals surface area contributed by atoms with Gasteiger partial charge in [-0.3, -0.25) is 4.79 Å². The number of H-pyrrole nitrogens is 1. The van der Waals surface area contributed by atoms with Crippen molar-refractivity contribution in [1.82, 2.24) is 9.97 Å². The second-order valence-electron chi connectivity index (χ2n) is 3.47. The van der Waals surface area contributed by atoms with Crippen LogP contribution >= 0.6 is 0 Å². The number of hydrogen-bond acceptors (Lipinski definition) is 3. The third kappa shape index (κ3) is 2.13. The summed E-state index contributed by atoms with van der Waals surface area (Å²) in [5, 5.41) is 8.58. The van der Waals surface area contributed by atoms with Crippen LogP contribution in [0.3, 0.4) is 0 Å². The molecule has 0 aromatic carbocycles. The minimum atomic E-state index is -0.802. The zero-order chi connectivity index (χ0) is 11.5. The van der Waals surface area contributed by atoms with Crippen molar-refractivity contribution in [1.29, 1.82) is 0 Å². The summed E-state index contributed by atoms with van der Waals surface area (Å²) in [6.07, 6.45) is 0.595. The number of fused-ring (bicyclic) bond motifs is 1. The molecule has 0 bridgehead atoms. The van der Waals surface area contributed by atoms with Crippen LogP contribution in [-0.4, -0.2) is 28.2 Å². The van der Waals surface area contributed by atoms with Gasteiger partial charge in [0.15, 0.2) is 0 Å². The number of aliphatic carboxylic acids is 1. The van der Waals surface area contributed by atoms with Crippen molar-refractivity contribution in [3.05, 3.63) is 23.9 Å². The van der Waals surface area contributed by atoms with Crippen molar-refractivity contribution in [3.63, 3.8) is 0 Å². The molecule has 2 N–H and O–H groups in total. The first kappa shape index (κ1) is 10.5. The SMILES string of the molecule is COc1ccc2[nH]c(CCC(=O)O)cc2n1. The van der Waals surface area contributed by atoms with Crippen molar-refractivity contribution >= 4 is 17.0 Å². The van der Waals surface area contributed by atoms with Crippen LogP contribution in [0, 0.1) is 0 Å². The van der Waals surface area contributed by atoms with Crippen LogP contribution in [0.15, 0.2) is 18.2 Å². The molecule has 0 fully saturated rings. The molecule has 0 radical (unpaired) electrons. The van der Waals surface area contributed by atoms with E-state index in [0.717, 1.165) is 16.7 Å². The Kier molecular flexibility index (Phi) is 2.76. The third-order valence-electron chi connectivity index (χ3n) is 2.32. The summed E-state index contributed by atoms with van der Waals surface area (Å²) in [6.45, 7) is 0. The van der Waals surface area contributed by atoms with E-state index in [4.69, 9.17) is 9.84 Å². The molecule has 0 unspecified atom stereocenters. The Labute approximate surface area is 92.1 Å². The fraction of sp³-hybridized carbons (Fsp3) is 0.273. The molecule has 0 amide bonds. The van der Waals surface area contributed by atoms with Crippen LogP contribution in [0.5, 0.6) is 5.88 Å². The Hall–Kier alpha value is -2.04. The van der Waals surface area contributed by atoms with E-state index in [1.54, 1.807) is 13.2 Å². The molecule has 2 heterocycles. The lowest BCUT2D eigenvalue weighted by atomic mass is 10.2. The maximum atomic E-state index is 10.4. The van der Waals surface area contributed by atoms with Gasteiger partial charge in [-0.05, 0) is 18.6 Å². The van der Waals surface area contributed by atoms with Gasteiger partial charge in [-0.15, -0.1) is 0 Å². The zero-order valence-electron chi connectivity index (χ0n) is 8.86. The highest BCUT2D eigenvalue weighted by atomic mass is 16.5. The summed E-state index contributed by atoms with van der Waals surface area (Å²) >= 11 is 0. The average molecular weight is 220 g/mol. The van der Waals surface area contributed by atoms with Gasteiger partial charge in [0.25, 0.3) is 0 Å². The molecular weight excluding hydrogens is 208 g/mol. The predicted octanol–water partition coefficient (Wildman–Crippen LogP) is 1.59. The molecule has 2 aromatic heterocycles. The molecule has 2 rings (SSSR count). The quantitative estimate of drug-likeness (QED) is 0.820. The second-order valence-corrected chi connectivity index (χ2v) is 3.47. The Balaban J connectivity index is 2.25. The molecule has 0 aliphatic carbocycles. The van der Waals surface area contributed by atoms with Gasteiger partial charge in [-0.25, -0.2) is 4.98 Å². The Morgan fingerprint density at radius 3 is 3.06 bits per heavy atom. The van der Waals surface area contributed by atoms with Crippen LogP contribution in [0.4, 0.5) is 0 Å². The van der Waals surface area contributed by atoms with E-state index in [2.05, 4.69) is 9.97 Å². The first-order valence-corrected chi connectivity index (χ1v) is 4.93. The molecule has 5 nitrogen and oxygen atoms in total. The smallest absolute Gasteiger partial charge is 0.303 e. The number of hydrogen-bond donors (Lipinski definition) is 2. The number of methoxy groups -OCH3 is 1. The number of aromatic amines is 1. The molecule has 0 aliphatic rings. The minimum Gasteiger partial charge on any atom is -0.481 e. The highest BCUT2D eigenvalue weighted by Gasteiger charge is 2.05. The van der Waals surface area contributed by atoms with Crippen LogP contribution in [0.2, 0.25) is 0 Å². The fourth-order valence-corrected chi connectivity index (χ4v) is 1.54. The van der Waals surface area contributed by atoms with E-state index >= 15 is 0 Å². The molecule has 0 atom stereocenters. The standard InChI is InChI=1S/C11H12N2O3/c1-16-10-4-3-8-9(13-10)6-7(12-8)2-5-11(14)15/h3-4,6,12H,2,5H2,1H3,(H,14,15). The lowest BCUT2D eigenvalue weighted by Gasteiger charge is -1.96. The largest absolute Gasteiger partial charge is 0.481 e. The van der Waals surface area contributed by atoms with E-state index in [1.165, 1.54) is 0 Å². The molecule has 16 heavy (non-hydrogen) atoms. The fourth-order valence-electron chi connectivity index (χ4n) is 1.54. The van der Waals surface area contributed by atoms with Crippen LogP contribution < -0.4 is 4.74 Å². The molecule has 0 saturated carbocycles. The normalized spacial score (nSPS) is 10.6. The topological polar surface area (TPSA) is 75.2 Å². The number of nitrogens with one attached hydrogen (secondary N) is 1. The van der Waals surface area contributed by atoms with Crippen molar-refractivity contribution in [3.8, 4) is 5.88 Å². The van der Waals surface area contributed by atoms with Crippen molar-refractivity contribution in [2.75, 3.05) is 7.11 Å². The lowest BCUT2D eigenvalue weighted by Crippen LogP contribution is -1.97. The summed E-state index contributed by atoms with van der Waals surface area (Å²) in [7, 11) is 1.56. The van der Waals surface area contributed by atoms with Crippen molar-refractivity contribution in [2.45, 2.75) is 12.8 Å². The van der Waals surface area contributed by atoms with E-state index in [-0.39, 0.29) is 6.42 Å². The van der Waals surface area contributed by atoms with Gasteiger partial charge >= 0.3 is 5.97 Å². The predicted molar refractivity (Wildman–Crippen MR) is 58.6 cm³/mol. The van der Waals surface area contributed by atoms with Gasteiger partial charge in [0.2, 0.25) is 5.88 Å². The Bertz CT molecular complexity index is 519. The highest BCUT2D eigenvalue weighted by Crippen LogP contribution is 2.17. The summed E-state index contributed by atoms with van der Waals surface area (Å²) < 4.78 is 5.01. The highest BCUT2D eigenvalue weighted by molar-refractivity contribution is 5.77. The summed E-state index contributed by atoms with van der Waals surface area (Å²) in [5.41, 5.74) is 2.55. The van der Waals surface area contributed by atoms with Gasteiger partial charge in [0.1, 0.15) is 0 Å². The molecule has 0 spiro atoms. The molecule has 0 saturated heterocycles. The van der Waals surface area contributed by atoms with E-state index in [1.807, 2.05) is 12.1 Å². The van der Waals surface area contributed by atoms with E-state index in [9.17, 15) is 4.79 Å². The van der Waals surface area contributed by atoms with Gasteiger partial charge in [0, 0.05) is 11.8 Å². The van der Waals surface area contributed by atoms with E-state index < -0.39 is 5.97 Å². The van der Waals surface area contributed by atoms with Crippen molar-refractivity contribution in [2.24, 2.45) is 0 Å². The van der Waals surface area contributed by atoms with Crippen molar-refractivity contribution < 1.29 is 14.6 Å². The molecule has 0 aliphatic heterocycles. The third-order valence-corrected chi connectivity index (χ3v) is 2.32. The van der Waals surface area contributed by atoms with Gasteiger partial charge in [-0.2, -0.15) is 0 Å². The Morgan fingerprint density at radius 1 is 1.56 bits per heavy atom. The number of rotatable bonds is 4. The second kappa shape index (κ2) is 4.22. The zero-order valence-corrected chi connectivity index (χ0v) is 8.86. The average Bonchev–Trinajstić information content (AvgIpc) is 2.67. The monoisotopic (exact) mass is 220 g/mol. The number of aryl methyl sites for hydroxylation is 1.